The van der Waals surface area contributed by atoms with Crippen LogP contribution in [0.1, 0.15) is 25.0 Å². The average molecular weight is 891 g/mol. The highest BCUT2D eigenvalue weighted by atomic mass is 28.3. The van der Waals surface area contributed by atoms with Crippen LogP contribution < -0.4 is 20.7 Å². The van der Waals surface area contributed by atoms with Gasteiger partial charge in [-0.25, -0.2) is 0 Å². The second kappa shape index (κ2) is 12.6. The molecule has 12 aromatic rings. The summed E-state index contributed by atoms with van der Waals surface area (Å²) in [5.41, 5.74) is 20.2. The fourth-order valence-corrected chi connectivity index (χ4v) is 19.5. The Balaban J connectivity index is 0.922. The summed E-state index contributed by atoms with van der Waals surface area (Å²) in [7, 11) is -4.40. The Bertz CT molecular complexity index is 3980. The van der Waals surface area contributed by atoms with E-state index in [4.69, 9.17) is 8.83 Å². The maximum atomic E-state index is 6.44. The van der Waals surface area contributed by atoms with Crippen LogP contribution in [0.5, 0.6) is 0 Å². The van der Waals surface area contributed by atoms with Gasteiger partial charge in [0.1, 0.15) is 38.5 Å². The summed E-state index contributed by atoms with van der Waals surface area (Å²) in [6, 6.07) is 64.2. The Morgan fingerprint density at radius 2 is 0.672 bits per heavy atom. The van der Waals surface area contributed by atoms with Crippen LogP contribution in [0.3, 0.4) is 0 Å². The van der Waals surface area contributed by atoms with Crippen molar-refractivity contribution in [3.63, 3.8) is 0 Å². The molecule has 0 unspecified atom stereocenters. The lowest BCUT2D eigenvalue weighted by molar-refractivity contribution is 0.661. The minimum atomic E-state index is -2.20. The van der Waals surface area contributed by atoms with Crippen molar-refractivity contribution >= 4 is 102 Å². The zero-order valence-corrected chi connectivity index (χ0v) is 40.5. The van der Waals surface area contributed by atoms with Crippen molar-refractivity contribution in [2.75, 3.05) is 0 Å². The molecule has 318 valence electrons. The Morgan fingerprint density at radius 1 is 0.313 bits per heavy atom. The Kier molecular flexibility index (Phi) is 7.13. The normalized spacial score (nSPS) is 15.7. The summed E-state index contributed by atoms with van der Waals surface area (Å²) in [6.07, 6.45) is 0. The molecule has 1 aliphatic carbocycles. The average Bonchev–Trinajstić information content (AvgIpc) is 4.09. The van der Waals surface area contributed by atoms with Gasteiger partial charge in [0.15, 0.2) is 0 Å². The van der Waals surface area contributed by atoms with E-state index in [0.29, 0.717) is 0 Å². The van der Waals surface area contributed by atoms with Gasteiger partial charge in [-0.15, -0.1) is 0 Å². The second-order valence-electron chi connectivity index (χ2n) is 21.1. The molecule has 0 spiro atoms. The summed E-state index contributed by atoms with van der Waals surface area (Å²) in [6.45, 7) is 15.3. The van der Waals surface area contributed by atoms with Crippen LogP contribution in [0.25, 0.3) is 121 Å². The minimum absolute atomic E-state index is 0.181. The molecular formula is C63H46O2Si2. The topological polar surface area (TPSA) is 26.3 Å². The maximum Gasteiger partial charge on any atom is 0.136 e. The predicted molar refractivity (Wildman–Crippen MR) is 289 cm³/mol. The van der Waals surface area contributed by atoms with Crippen LogP contribution in [0.4, 0.5) is 0 Å². The van der Waals surface area contributed by atoms with Crippen molar-refractivity contribution in [2.24, 2.45) is 0 Å². The molecule has 4 heterocycles. The highest BCUT2D eigenvalue weighted by molar-refractivity contribution is 7.05. The molecule has 10 aromatic carbocycles. The van der Waals surface area contributed by atoms with E-state index in [-0.39, 0.29) is 5.41 Å². The Morgan fingerprint density at radius 3 is 1.10 bits per heavy atom. The molecule has 2 nitrogen and oxygen atoms in total. The number of hydrogen-bond acceptors (Lipinski definition) is 2. The molecule has 4 heteroatoms. The lowest BCUT2D eigenvalue weighted by Gasteiger charge is -2.24. The van der Waals surface area contributed by atoms with E-state index in [1.54, 1.807) is 10.4 Å². The van der Waals surface area contributed by atoms with E-state index >= 15 is 0 Å². The fraction of sp³-hybridized carbons (Fsp3) is 0.111. The molecule has 67 heavy (non-hydrogen) atoms. The fourth-order valence-electron chi connectivity index (χ4n) is 13.3. The second-order valence-corrected chi connectivity index (χ2v) is 29.8. The summed E-state index contributed by atoms with van der Waals surface area (Å²) in [5, 5.41) is 16.2. The van der Waals surface area contributed by atoms with E-state index in [0.717, 1.165) is 22.3 Å². The molecule has 0 saturated heterocycles. The lowest BCUT2D eigenvalue weighted by atomic mass is 9.80. The van der Waals surface area contributed by atoms with Crippen LogP contribution in [-0.2, 0) is 5.41 Å². The van der Waals surface area contributed by atoms with E-state index in [1.807, 2.05) is 0 Å². The summed E-state index contributed by atoms with van der Waals surface area (Å²) >= 11 is 0. The first-order chi connectivity index (χ1) is 32.5. The van der Waals surface area contributed by atoms with Crippen molar-refractivity contribution < 1.29 is 8.83 Å². The third-order valence-electron chi connectivity index (χ3n) is 16.7. The maximum absolute atomic E-state index is 6.44. The first-order valence-electron chi connectivity index (χ1n) is 23.8. The first-order valence-corrected chi connectivity index (χ1v) is 29.8. The molecule has 0 amide bonds. The van der Waals surface area contributed by atoms with Gasteiger partial charge in [0, 0.05) is 27.0 Å². The molecular weight excluding hydrogens is 845 g/mol. The third kappa shape index (κ3) is 4.70. The van der Waals surface area contributed by atoms with Crippen LogP contribution in [0, 0.1) is 0 Å². The summed E-state index contributed by atoms with van der Waals surface area (Å²) < 4.78 is 12.9. The zero-order valence-electron chi connectivity index (χ0n) is 38.5. The van der Waals surface area contributed by atoms with E-state index in [9.17, 15) is 0 Å². The van der Waals surface area contributed by atoms with Gasteiger partial charge >= 0.3 is 0 Å². The number of fused-ring (bicyclic) bond motifs is 19. The predicted octanol–water partition coefficient (Wildman–Crippen LogP) is 15.0. The van der Waals surface area contributed by atoms with Gasteiger partial charge in [0.05, 0.1) is 0 Å². The Labute approximate surface area is 391 Å². The molecule has 0 fully saturated rings. The van der Waals surface area contributed by atoms with Gasteiger partial charge in [-0.1, -0.05) is 173 Å². The monoisotopic (exact) mass is 890 g/mol. The van der Waals surface area contributed by atoms with Crippen molar-refractivity contribution in [1.82, 2.24) is 0 Å². The number of rotatable bonds is 2. The quantitative estimate of drug-likeness (QED) is 0.162. The zero-order chi connectivity index (χ0) is 44.9. The van der Waals surface area contributed by atoms with Crippen LogP contribution in [0.15, 0.2) is 179 Å². The highest BCUT2D eigenvalue weighted by Crippen LogP contribution is 2.54. The molecule has 0 N–H and O–H groups in total. The van der Waals surface area contributed by atoms with Crippen LogP contribution in [0.2, 0.25) is 26.2 Å². The van der Waals surface area contributed by atoms with E-state index in [2.05, 4.69) is 210 Å². The smallest absolute Gasteiger partial charge is 0.136 e. The molecule has 0 atom stereocenters. The van der Waals surface area contributed by atoms with Gasteiger partial charge in [0.25, 0.3) is 0 Å². The highest BCUT2D eigenvalue weighted by Gasteiger charge is 2.46. The van der Waals surface area contributed by atoms with Gasteiger partial charge in [-0.05, 0) is 145 Å². The third-order valence-corrected chi connectivity index (χ3v) is 23.7. The van der Waals surface area contributed by atoms with Crippen molar-refractivity contribution in [3.05, 3.63) is 181 Å². The largest absolute Gasteiger partial charge is 0.456 e. The molecule has 15 rings (SSSR count). The lowest BCUT2D eigenvalue weighted by Crippen LogP contribution is -2.49. The molecule has 2 aromatic heterocycles. The van der Waals surface area contributed by atoms with Crippen LogP contribution >= 0.6 is 0 Å². The molecule has 0 saturated carbocycles. The van der Waals surface area contributed by atoms with E-state index < -0.39 is 16.1 Å². The SMILES string of the molecule is CC1(C)c2cc3c(cc2-c2cc4c(cc21)-c1c(cc(-c2cccc5oc6ccccc6c25)c2ccccc12)[Si]4(C)C)[Si](C)(C)c1cc(-c2cccc4oc5ccccc5c24)c2ccccc2c1-3. The standard InChI is InChI=1S/C63H46O2Si2/c1-63(2)49-29-47-55(66(3,4)57-31-43(35-17-7-9-19-37(35)61(47)57)39-23-15-27-53-59(39)41-21-11-13-25-51(41)64-53)33-45(49)46-34-56-48(30-50(46)63)62-38-20-10-8-18-36(38)44(32-58(62)67(56,5)6)40-24-16-28-54-60(40)42-22-12-14-26-52(42)65-54/h7-34H,1-6H3. The molecule has 3 aliphatic rings. The number of para-hydroxylation sites is 2. The number of furan rings is 2. The number of benzene rings is 10. The Hall–Kier alpha value is -7.25. The molecule has 0 radical (unpaired) electrons. The number of hydrogen-bond donors (Lipinski definition) is 0. The summed E-state index contributed by atoms with van der Waals surface area (Å²) in [4.78, 5) is 0. The van der Waals surface area contributed by atoms with Gasteiger partial charge in [-0.2, -0.15) is 0 Å². The minimum Gasteiger partial charge on any atom is -0.456 e. The van der Waals surface area contributed by atoms with Gasteiger partial charge in [0.2, 0.25) is 0 Å². The summed E-state index contributed by atoms with van der Waals surface area (Å²) in [5.74, 6) is 0. The van der Waals surface area contributed by atoms with Crippen molar-refractivity contribution in [1.29, 1.82) is 0 Å². The van der Waals surface area contributed by atoms with Crippen molar-refractivity contribution in [2.45, 2.75) is 45.5 Å². The first kappa shape index (κ1) is 37.9. The molecule has 0 bridgehead atoms. The van der Waals surface area contributed by atoms with Gasteiger partial charge < -0.3 is 8.83 Å². The van der Waals surface area contributed by atoms with Crippen molar-refractivity contribution in [3.8, 4) is 55.6 Å². The molecule has 2 aliphatic heterocycles. The van der Waals surface area contributed by atoms with E-state index in [1.165, 1.54) is 120 Å². The van der Waals surface area contributed by atoms with Gasteiger partial charge in [-0.3, -0.25) is 0 Å². The van der Waals surface area contributed by atoms with Crippen LogP contribution in [-0.4, -0.2) is 16.1 Å².